The molecular weight excluding hydrogens is 394 g/mol. The first-order valence-electron chi connectivity index (χ1n) is 8.92. The molecule has 2 heterocycles. The molecule has 0 aliphatic heterocycles. The van der Waals surface area contributed by atoms with Crippen molar-refractivity contribution in [2.75, 3.05) is 12.4 Å². The molecule has 0 atom stereocenters. The molecule has 0 fully saturated rings. The molecule has 0 spiro atoms. The summed E-state index contributed by atoms with van der Waals surface area (Å²) in [4.78, 5) is 16.6. The first kappa shape index (κ1) is 19.3. The van der Waals surface area contributed by atoms with E-state index in [2.05, 4.69) is 15.5 Å². The van der Waals surface area contributed by atoms with E-state index in [9.17, 15) is 13.6 Å². The number of carbonyl (C=O) groups is 1. The van der Waals surface area contributed by atoms with E-state index in [0.717, 1.165) is 0 Å². The Morgan fingerprint density at radius 3 is 2.70 bits per heavy atom. The summed E-state index contributed by atoms with van der Waals surface area (Å²) in [7, 11) is 1.38. The van der Waals surface area contributed by atoms with Gasteiger partial charge >= 0.3 is 0 Å². The fourth-order valence-corrected chi connectivity index (χ4v) is 2.88. The first-order valence-corrected chi connectivity index (χ1v) is 8.92. The van der Waals surface area contributed by atoms with Crippen LogP contribution in [0.5, 0.6) is 5.75 Å². The van der Waals surface area contributed by atoms with Gasteiger partial charge in [0.05, 0.1) is 7.11 Å². The van der Waals surface area contributed by atoms with Gasteiger partial charge in [0.15, 0.2) is 11.6 Å². The van der Waals surface area contributed by atoms with Crippen LogP contribution in [-0.4, -0.2) is 27.7 Å². The summed E-state index contributed by atoms with van der Waals surface area (Å²) in [5.41, 5.74) is 1.43. The number of nitrogens with zero attached hydrogens (tertiary/aromatic N) is 3. The molecule has 9 heteroatoms. The van der Waals surface area contributed by atoms with E-state index in [0.29, 0.717) is 16.9 Å². The molecule has 0 saturated heterocycles. The minimum Gasteiger partial charge on any atom is -0.494 e. The van der Waals surface area contributed by atoms with Crippen LogP contribution >= 0.6 is 0 Å². The fraction of sp³-hybridized carbons (Fsp3) is 0.0952. The molecule has 1 N–H and O–H groups in total. The van der Waals surface area contributed by atoms with Crippen LogP contribution in [0.25, 0.3) is 23.0 Å². The van der Waals surface area contributed by atoms with Crippen LogP contribution in [0.15, 0.2) is 65.3 Å². The van der Waals surface area contributed by atoms with Crippen LogP contribution < -0.4 is 10.1 Å². The van der Waals surface area contributed by atoms with Gasteiger partial charge in [0.2, 0.25) is 11.7 Å². The lowest BCUT2D eigenvalue weighted by molar-refractivity contribution is -0.116. The van der Waals surface area contributed by atoms with E-state index < -0.39 is 5.82 Å². The van der Waals surface area contributed by atoms with Crippen molar-refractivity contribution < 1.29 is 22.8 Å². The van der Waals surface area contributed by atoms with Crippen molar-refractivity contribution >= 4 is 11.6 Å². The Morgan fingerprint density at radius 2 is 1.97 bits per heavy atom. The Kier molecular flexibility index (Phi) is 5.25. The van der Waals surface area contributed by atoms with Crippen LogP contribution in [0.2, 0.25) is 0 Å². The van der Waals surface area contributed by atoms with Crippen LogP contribution in [0.4, 0.5) is 14.5 Å². The molecule has 0 saturated carbocycles. The SMILES string of the molecule is COc1ccc(-c2noc(-c3cccn3CC(=O)Nc3ccc(F)cc3)n2)cc1F. The molecule has 4 aromatic rings. The van der Waals surface area contributed by atoms with E-state index in [1.165, 1.54) is 43.5 Å². The largest absolute Gasteiger partial charge is 0.494 e. The van der Waals surface area contributed by atoms with Crippen LogP contribution in [-0.2, 0) is 11.3 Å². The third-order valence-corrected chi connectivity index (χ3v) is 4.33. The standard InChI is InChI=1S/C21H16F2N4O3/c1-29-18-9-4-13(11-16(18)23)20-25-21(30-26-20)17-3-2-10-27(17)12-19(28)24-15-7-5-14(22)6-8-15/h2-11H,12H2,1H3,(H,24,28). The summed E-state index contributed by atoms with van der Waals surface area (Å²) >= 11 is 0. The normalized spacial score (nSPS) is 10.8. The number of nitrogens with one attached hydrogen (secondary N) is 1. The molecule has 7 nitrogen and oxygen atoms in total. The van der Waals surface area contributed by atoms with E-state index >= 15 is 0 Å². The van der Waals surface area contributed by atoms with Crippen molar-refractivity contribution in [3.63, 3.8) is 0 Å². The molecule has 0 unspecified atom stereocenters. The van der Waals surface area contributed by atoms with Crippen molar-refractivity contribution in [2.24, 2.45) is 0 Å². The minimum absolute atomic E-state index is 0.0193. The van der Waals surface area contributed by atoms with Gasteiger partial charge in [0.25, 0.3) is 5.89 Å². The zero-order valence-corrected chi connectivity index (χ0v) is 15.8. The van der Waals surface area contributed by atoms with Crippen LogP contribution in [0, 0.1) is 11.6 Å². The maximum Gasteiger partial charge on any atom is 0.274 e. The molecule has 2 aromatic heterocycles. The third-order valence-electron chi connectivity index (χ3n) is 4.33. The zero-order chi connectivity index (χ0) is 21.1. The maximum absolute atomic E-state index is 13.9. The summed E-state index contributed by atoms with van der Waals surface area (Å²) in [6.45, 7) is -0.0193. The Hall–Kier alpha value is -4.01. The van der Waals surface area contributed by atoms with Gasteiger partial charge in [-0.3, -0.25) is 4.79 Å². The molecule has 0 radical (unpaired) electrons. The predicted molar refractivity (Wildman–Crippen MR) is 105 cm³/mol. The number of hydrogen-bond acceptors (Lipinski definition) is 5. The molecule has 0 aliphatic rings. The molecule has 0 aliphatic carbocycles. The number of rotatable bonds is 6. The van der Waals surface area contributed by atoms with Gasteiger partial charge in [-0.25, -0.2) is 8.78 Å². The summed E-state index contributed by atoms with van der Waals surface area (Å²) in [5, 5.41) is 6.58. The number of halogens is 2. The number of methoxy groups -OCH3 is 1. The number of aromatic nitrogens is 3. The highest BCUT2D eigenvalue weighted by atomic mass is 19.1. The Balaban J connectivity index is 1.51. The van der Waals surface area contributed by atoms with Crippen molar-refractivity contribution in [3.8, 4) is 28.7 Å². The van der Waals surface area contributed by atoms with E-state index in [4.69, 9.17) is 9.26 Å². The van der Waals surface area contributed by atoms with E-state index in [1.54, 1.807) is 29.0 Å². The Morgan fingerprint density at radius 1 is 1.17 bits per heavy atom. The van der Waals surface area contributed by atoms with Gasteiger partial charge in [-0.15, -0.1) is 0 Å². The second-order valence-electron chi connectivity index (χ2n) is 6.35. The predicted octanol–water partition coefficient (Wildman–Crippen LogP) is 4.13. The maximum atomic E-state index is 13.9. The fourth-order valence-electron chi connectivity index (χ4n) is 2.88. The molecule has 1 amide bonds. The Bertz CT molecular complexity index is 1190. The average molecular weight is 410 g/mol. The number of carbonyl (C=O) groups excluding carboxylic acids is 1. The summed E-state index contributed by atoms with van der Waals surface area (Å²) in [6.07, 6.45) is 1.69. The topological polar surface area (TPSA) is 82.2 Å². The van der Waals surface area contributed by atoms with Gasteiger partial charge in [-0.05, 0) is 54.6 Å². The van der Waals surface area contributed by atoms with Gasteiger partial charge in [-0.1, -0.05) is 5.16 Å². The number of anilines is 1. The van der Waals surface area contributed by atoms with Crippen molar-refractivity contribution in [2.45, 2.75) is 6.54 Å². The quantitative estimate of drug-likeness (QED) is 0.517. The molecule has 30 heavy (non-hydrogen) atoms. The lowest BCUT2D eigenvalue weighted by Crippen LogP contribution is -2.18. The van der Waals surface area contributed by atoms with Gasteiger partial charge in [0, 0.05) is 17.4 Å². The minimum atomic E-state index is -0.540. The lowest BCUT2D eigenvalue weighted by atomic mass is 10.2. The first-order chi connectivity index (χ1) is 14.5. The monoisotopic (exact) mass is 410 g/mol. The Labute approximate surface area is 169 Å². The molecular formula is C21H16F2N4O3. The lowest BCUT2D eigenvalue weighted by Gasteiger charge is -2.08. The number of hydrogen-bond donors (Lipinski definition) is 1. The number of benzene rings is 2. The summed E-state index contributed by atoms with van der Waals surface area (Å²) < 4.78 is 38.8. The van der Waals surface area contributed by atoms with E-state index in [-0.39, 0.29) is 35.7 Å². The molecule has 0 bridgehead atoms. The third kappa shape index (κ3) is 4.04. The molecule has 2 aromatic carbocycles. The summed E-state index contributed by atoms with van der Waals surface area (Å²) in [6, 6.07) is 13.3. The average Bonchev–Trinajstić information content (AvgIpc) is 3.39. The molecule has 152 valence electrons. The van der Waals surface area contributed by atoms with Crippen LogP contribution in [0.3, 0.4) is 0 Å². The second kappa shape index (κ2) is 8.16. The van der Waals surface area contributed by atoms with Crippen molar-refractivity contribution in [1.29, 1.82) is 0 Å². The summed E-state index contributed by atoms with van der Waals surface area (Å²) in [5.74, 6) is -0.734. The number of amides is 1. The highest BCUT2D eigenvalue weighted by molar-refractivity contribution is 5.90. The van der Waals surface area contributed by atoms with E-state index in [1.807, 2.05) is 0 Å². The van der Waals surface area contributed by atoms with Gasteiger partial charge < -0.3 is 19.1 Å². The highest BCUT2D eigenvalue weighted by Crippen LogP contribution is 2.26. The molecule has 4 rings (SSSR count). The zero-order valence-electron chi connectivity index (χ0n) is 15.8. The smallest absolute Gasteiger partial charge is 0.274 e. The van der Waals surface area contributed by atoms with Crippen molar-refractivity contribution in [1.82, 2.24) is 14.7 Å². The van der Waals surface area contributed by atoms with Gasteiger partial charge in [-0.2, -0.15) is 4.98 Å². The van der Waals surface area contributed by atoms with Crippen molar-refractivity contribution in [3.05, 3.63) is 72.4 Å². The number of ether oxygens (including phenoxy) is 1. The van der Waals surface area contributed by atoms with Crippen LogP contribution in [0.1, 0.15) is 0 Å². The highest BCUT2D eigenvalue weighted by Gasteiger charge is 2.16. The second-order valence-corrected chi connectivity index (χ2v) is 6.35. The van der Waals surface area contributed by atoms with Gasteiger partial charge in [0.1, 0.15) is 18.1 Å².